The van der Waals surface area contributed by atoms with Gasteiger partial charge >= 0.3 is 0 Å². The van der Waals surface area contributed by atoms with Crippen LogP contribution in [-0.4, -0.2) is 36.5 Å². The molecule has 0 aromatic carbocycles. The number of nitrogens with one attached hydrogen (secondary N) is 2. The van der Waals surface area contributed by atoms with Crippen molar-refractivity contribution in [3.05, 3.63) is 0 Å². The molecule has 4 heteroatoms. The first-order valence-corrected chi connectivity index (χ1v) is 7.01. The molecule has 0 aliphatic heterocycles. The lowest BCUT2D eigenvalue weighted by molar-refractivity contribution is -0.121. The summed E-state index contributed by atoms with van der Waals surface area (Å²) in [4.78, 5) is 11.5. The summed E-state index contributed by atoms with van der Waals surface area (Å²) in [5.74, 6) is 2.51. The van der Waals surface area contributed by atoms with Gasteiger partial charge in [-0.1, -0.05) is 12.3 Å². The van der Waals surface area contributed by atoms with Gasteiger partial charge in [0.1, 0.15) is 0 Å². The molecule has 0 spiro atoms. The van der Waals surface area contributed by atoms with E-state index in [9.17, 15) is 4.79 Å². The van der Waals surface area contributed by atoms with E-state index in [0.717, 1.165) is 12.8 Å². The molecule has 0 bridgehead atoms. The Bertz CT molecular complexity index is 262. The third kappa shape index (κ3) is 4.91. The van der Waals surface area contributed by atoms with Crippen molar-refractivity contribution in [3.63, 3.8) is 0 Å². The van der Waals surface area contributed by atoms with E-state index in [1.807, 2.05) is 11.8 Å². The Hall–Kier alpha value is -0.660. The summed E-state index contributed by atoms with van der Waals surface area (Å²) in [6, 6.07) is 0.353. The number of amides is 1. The van der Waals surface area contributed by atoms with Gasteiger partial charge in [-0.25, -0.2) is 0 Å². The quantitative estimate of drug-likeness (QED) is 0.556. The molecule has 2 atom stereocenters. The van der Waals surface area contributed by atoms with Crippen LogP contribution in [0.1, 0.15) is 25.7 Å². The first-order chi connectivity index (χ1) is 7.76. The van der Waals surface area contributed by atoms with Crippen LogP contribution in [0, 0.1) is 12.3 Å². The fourth-order valence-electron chi connectivity index (χ4n) is 2.02. The largest absolute Gasteiger partial charge is 0.352 e. The number of hydrogen-bond acceptors (Lipinski definition) is 3. The summed E-state index contributed by atoms with van der Waals surface area (Å²) in [6.45, 7) is 0.774. The molecule has 2 N–H and O–H groups in total. The Balaban J connectivity index is 2.20. The molecule has 1 fully saturated rings. The second kappa shape index (κ2) is 7.59. The van der Waals surface area contributed by atoms with Gasteiger partial charge in [0, 0.05) is 11.3 Å². The molecule has 90 valence electrons. The highest BCUT2D eigenvalue weighted by Gasteiger charge is 2.22. The zero-order chi connectivity index (χ0) is 11.8. The Morgan fingerprint density at radius 1 is 1.56 bits per heavy atom. The SMILES string of the molecule is C#CCNCC(=O)NC1CCCC(SC)C1. The third-order valence-electron chi connectivity index (χ3n) is 2.84. The van der Waals surface area contributed by atoms with Crippen LogP contribution in [0.5, 0.6) is 0 Å². The maximum Gasteiger partial charge on any atom is 0.234 e. The minimum atomic E-state index is 0.0574. The highest BCUT2D eigenvalue weighted by atomic mass is 32.2. The molecule has 1 rings (SSSR count). The Morgan fingerprint density at radius 3 is 3.06 bits per heavy atom. The molecule has 0 saturated heterocycles. The Labute approximate surface area is 102 Å². The fraction of sp³-hybridized carbons (Fsp3) is 0.750. The van der Waals surface area contributed by atoms with E-state index in [1.54, 1.807) is 0 Å². The molecule has 1 aliphatic rings. The molecule has 3 nitrogen and oxygen atoms in total. The van der Waals surface area contributed by atoms with Crippen LogP contribution in [0.4, 0.5) is 0 Å². The summed E-state index contributed by atoms with van der Waals surface area (Å²) >= 11 is 1.90. The average molecular weight is 240 g/mol. The van der Waals surface area contributed by atoms with E-state index in [4.69, 9.17) is 6.42 Å². The summed E-state index contributed by atoms with van der Waals surface area (Å²) < 4.78 is 0. The molecule has 2 unspecified atom stereocenters. The van der Waals surface area contributed by atoms with Crippen LogP contribution < -0.4 is 10.6 Å². The van der Waals surface area contributed by atoms with Crippen LogP contribution >= 0.6 is 11.8 Å². The monoisotopic (exact) mass is 240 g/mol. The lowest BCUT2D eigenvalue weighted by Crippen LogP contribution is -2.43. The number of terminal acetylenes is 1. The lowest BCUT2D eigenvalue weighted by atomic mass is 9.95. The van der Waals surface area contributed by atoms with Crippen molar-refractivity contribution in [3.8, 4) is 12.3 Å². The van der Waals surface area contributed by atoms with Gasteiger partial charge in [-0.15, -0.1) is 6.42 Å². The maximum atomic E-state index is 11.5. The number of thioether (sulfide) groups is 1. The van der Waals surface area contributed by atoms with Gasteiger partial charge in [-0.3, -0.25) is 10.1 Å². The van der Waals surface area contributed by atoms with E-state index < -0.39 is 0 Å². The zero-order valence-electron chi connectivity index (χ0n) is 9.79. The smallest absolute Gasteiger partial charge is 0.234 e. The minimum absolute atomic E-state index is 0.0574. The van der Waals surface area contributed by atoms with Gasteiger partial charge in [0.2, 0.25) is 5.91 Å². The fourth-order valence-corrected chi connectivity index (χ4v) is 2.84. The van der Waals surface area contributed by atoms with Crippen molar-refractivity contribution in [2.75, 3.05) is 19.3 Å². The normalized spacial score (nSPS) is 24.8. The van der Waals surface area contributed by atoms with Gasteiger partial charge in [0.25, 0.3) is 0 Å². The van der Waals surface area contributed by atoms with E-state index in [0.29, 0.717) is 24.4 Å². The molecular formula is C12H20N2OS. The highest BCUT2D eigenvalue weighted by Crippen LogP contribution is 2.26. The summed E-state index contributed by atoms with van der Waals surface area (Å²) in [5.41, 5.74) is 0. The van der Waals surface area contributed by atoms with E-state index >= 15 is 0 Å². The van der Waals surface area contributed by atoms with Gasteiger partial charge in [0.15, 0.2) is 0 Å². The molecule has 1 aliphatic carbocycles. The van der Waals surface area contributed by atoms with Crippen LogP contribution in [0.3, 0.4) is 0 Å². The van der Waals surface area contributed by atoms with Gasteiger partial charge in [-0.2, -0.15) is 11.8 Å². The third-order valence-corrected chi connectivity index (χ3v) is 3.93. The maximum absolute atomic E-state index is 11.5. The number of carbonyl (C=O) groups is 1. The second-order valence-corrected chi connectivity index (χ2v) is 5.23. The number of carbonyl (C=O) groups excluding carboxylic acids is 1. The van der Waals surface area contributed by atoms with Crippen molar-refractivity contribution in [2.24, 2.45) is 0 Å². The van der Waals surface area contributed by atoms with E-state index in [-0.39, 0.29) is 5.91 Å². The number of hydrogen-bond donors (Lipinski definition) is 2. The molecule has 0 heterocycles. The minimum Gasteiger partial charge on any atom is -0.352 e. The van der Waals surface area contributed by atoms with Gasteiger partial charge in [0.05, 0.1) is 13.1 Å². The summed E-state index contributed by atoms with van der Waals surface area (Å²) in [5, 5.41) is 6.66. The van der Waals surface area contributed by atoms with Crippen LogP contribution in [0.25, 0.3) is 0 Å². The van der Waals surface area contributed by atoms with Crippen molar-refractivity contribution in [2.45, 2.75) is 37.0 Å². The highest BCUT2D eigenvalue weighted by molar-refractivity contribution is 7.99. The standard InChI is InChI=1S/C12H20N2OS/c1-3-7-13-9-12(15)14-10-5-4-6-11(8-10)16-2/h1,10-11,13H,4-9H2,2H3,(H,14,15). The molecule has 1 amide bonds. The average Bonchev–Trinajstić information content (AvgIpc) is 2.29. The molecule has 0 aromatic heterocycles. The van der Waals surface area contributed by atoms with Crippen LogP contribution in [0.15, 0.2) is 0 Å². The Kier molecular flexibility index (Phi) is 6.36. The first-order valence-electron chi connectivity index (χ1n) is 5.72. The molecule has 1 saturated carbocycles. The zero-order valence-corrected chi connectivity index (χ0v) is 10.6. The van der Waals surface area contributed by atoms with Gasteiger partial charge < -0.3 is 5.32 Å². The summed E-state index contributed by atoms with van der Waals surface area (Å²) in [7, 11) is 0. The Morgan fingerprint density at radius 2 is 2.38 bits per heavy atom. The number of rotatable bonds is 5. The van der Waals surface area contributed by atoms with Crippen molar-refractivity contribution >= 4 is 17.7 Å². The molecule has 0 aromatic rings. The molecular weight excluding hydrogens is 220 g/mol. The topological polar surface area (TPSA) is 41.1 Å². The molecule has 16 heavy (non-hydrogen) atoms. The van der Waals surface area contributed by atoms with Crippen molar-refractivity contribution in [1.29, 1.82) is 0 Å². The van der Waals surface area contributed by atoms with Crippen LogP contribution in [0.2, 0.25) is 0 Å². The van der Waals surface area contributed by atoms with E-state index in [2.05, 4.69) is 22.8 Å². The van der Waals surface area contributed by atoms with Crippen molar-refractivity contribution < 1.29 is 4.79 Å². The first kappa shape index (κ1) is 13.4. The van der Waals surface area contributed by atoms with E-state index in [1.165, 1.54) is 12.8 Å². The molecule has 0 radical (unpaired) electrons. The lowest BCUT2D eigenvalue weighted by Gasteiger charge is -2.28. The second-order valence-electron chi connectivity index (χ2n) is 4.10. The predicted molar refractivity (Wildman–Crippen MR) is 69.4 cm³/mol. The van der Waals surface area contributed by atoms with Crippen LogP contribution in [-0.2, 0) is 4.79 Å². The van der Waals surface area contributed by atoms with Gasteiger partial charge in [-0.05, 0) is 25.5 Å². The van der Waals surface area contributed by atoms with Crippen molar-refractivity contribution in [1.82, 2.24) is 10.6 Å². The summed E-state index contributed by atoms with van der Waals surface area (Å²) in [6.07, 6.45) is 11.9. The predicted octanol–water partition coefficient (Wildman–Crippen LogP) is 1.000.